The van der Waals surface area contributed by atoms with Crippen molar-refractivity contribution in [3.63, 3.8) is 0 Å². The quantitative estimate of drug-likeness (QED) is 0.756. The highest BCUT2D eigenvalue weighted by Crippen LogP contribution is 2.17. The summed E-state index contributed by atoms with van der Waals surface area (Å²) in [5.74, 6) is 0. The standard InChI is InChI=1S/C13H19N/c1-4-5-8-12-9-6-7-10-13(12)14-11(2)3/h5-11,14H,4H2,1-3H3/b8-5+. The van der Waals surface area contributed by atoms with Crippen LogP contribution >= 0.6 is 0 Å². The number of nitrogens with one attached hydrogen (secondary N) is 1. The lowest BCUT2D eigenvalue weighted by Gasteiger charge is -2.12. The van der Waals surface area contributed by atoms with E-state index < -0.39 is 0 Å². The number of benzene rings is 1. The molecule has 0 unspecified atom stereocenters. The van der Waals surface area contributed by atoms with Crippen molar-refractivity contribution in [2.24, 2.45) is 0 Å². The molecule has 0 saturated carbocycles. The van der Waals surface area contributed by atoms with Gasteiger partial charge in [0.1, 0.15) is 0 Å². The molecule has 1 heteroatoms. The first kappa shape index (κ1) is 10.8. The summed E-state index contributed by atoms with van der Waals surface area (Å²) in [5, 5.41) is 3.43. The van der Waals surface area contributed by atoms with Crippen LogP contribution in [-0.4, -0.2) is 6.04 Å². The zero-order valence-corrected chi connectivity index (χ0v) is 9.25. The number of hydrogen-bond acceptors (Lipinski definition) is 1. The molecule has 1 rings (SSSR count). The normalized spacial score (nSPS) is 11.1. The lowest BCUT2D eigenvalue weighted by Crippen LogP contribution is -2.10. The van der Waals surface area contributed by atoms with E-state index in [0.29, 0.717) is 6.04 Å². The summed E-state index contributed by atoms with van der Waals surface area (Å²) < 4.78 is 0. The number of para-hydroxylation sites is 1. The highest BCUT2D eigenvalue weighted by Gasteiger charge is 1.98. The van der Waals surface area contributed by atoms with Crippen LogP contribution in [0.5, 0.6) is 0 Å². The molecule has 0 amide bonds. The Morgan fingerprint density at radius 3 is 2.64 bits per heavy atom. The molecule has 0 aliphatic rings. The Morgan fingerprint density at radius 2 is 2.00 bits per heavy atom. The summed E-state index contributed by atoms with van der Waals surface area (Å²) in [7, 11) is 0. The average molecular weight is 189 g/mol. The van der Waals surface area contributed by atoms with Crippen molar-refractivity contribution in [1.82, 2.24) is 0 Å². The predicted molar refractivity (Wildman–Crippen MR) is 64.5 cm³/mol. The zero-order chi connectivity index (χ0) is 10.4. The molecule has 76 valence electrons. The van der Waals surface area contributed by atoms with E-state index >= 15 is 0 Å². The Labute approximate surface area is 86.8 Å². The zero-order valence-electron chi connectivity index (χ0n) is 9.25. The van der Waals surface area contributed by atoms with Gasteiger partial charge in [-0.3, -0.25) is 0 Å². The molecule has 0 saturated heterocycles. The Hall–Kier alpha value is -1.24. The molecule has 0 fully saturated rings. The van der Waals surface area contributed by atoms with Gasteiger partial charge in [0.15, 0.2) is 0 Å². The van der Waals surface area contributed by atoms with Crippen molar-refractivity contribution in [3.8, 4) is 0 Å². The third kappa shape index (κ3) is 3.25. The van der Waals surface area contributed by atoms with E-state index in [4.69, 9.17) is 0 Å². The second kappa shape index (κ2) is 5.48. The van der Waals surface area contributed by atoms with E-state index in [9.17, 15) is 0 Å². The minimum Gasteiger partial charge on any atom is -0.382 e. The van der Waals surface area contributed by atoms with Gasteiger partial charge >= 0.3 is 0 Å². The molecule has 0 bridgehead atoms. The summed E-state index contributed by atoms with van der Waals surface area (Å²) in [6, 6.07) is 8.87. The molecule has 0 aliphatic heterocycles. The van der Waals surface area contributed by atoms with Crippen LogP contribution < -0.4 is 5.32 Å². The van der Waals surface area contributed by atoms with Crippen LogP contribution in [0.2, 0.25) is 0 Å². The van der Waals surface area contributed by atoms with Crippen molar-refractivity contribution in [1.29, 1.82) is 0 Å². The van der Waals surface area contributed by atoms with Crippen molar-refractivity contribution >= 4 is 11.8 Å². The Morgan fingerprint density at radius 1 is 1.29 bits per heavy atom. The maximum atomic E-state index is 3.43. The monoisotopic (exact) mass is 189 g/mol. The van der Waals surface area contributed by atoms with Crippen molar-refractivity contribution in [2.45, 2.75) is 33.2 Å². The molecule has 0 atom stereocenters. The minimum absolute atomic E-state index is 0.478. The fraction of sp³-hybridized carbons (Fsp3) is 0.385. The van der Waals surface area contributed by atoms with Gasteiger partial charge in [-0.05, 0) is 31.9 Å². The van der Waals surface area contributed by atoms with Crippen molar-refractivity contribution in [2.75, 3.05) is 5.32 Å². The van der Waals surface area contributed by atoms with Crippen LogP contribution in [0, 0.1) is 0 Å². The molecule has 0 aliphatic carbocycles. The van der Waals surface area contributed by atoms with E-state index in [1.165, 1.54) is 11.3 Å². The molecule has 0 radical (unpaired) electrons. The molecular formula is C13H19N. The molecule has 1 nitrogen and oxygen atoms in total. The number of rotatable bonds is 4. The summed E-state index contributed by atoms with van der Waals surface area (Å²) in [6.45, 7) is 6.45. The van der Waals surface area contributed by atoms with Gasteiger partial charge in [-0.15, -0.1) is 0 Å². The van der Waals surface area contributed by atoms with E-state index in [-0.39, 0.29) is 0 Å². The second-order valence-corrected chi connectivity index (χ2v) is 3.70. The van der Waals surface area contributed by atoms with Gasteiger partial charge in [0, 0.05) is 11.7 Å². The van der Waals surface area contributed by atoms with Gasteiger partial charge in [-0.2, -0.15) is 0 Å². The van der Waals surface area contributed by atoms with Gasteiger partial charge in [-0.1, -0.05) is 37.3 Å². The summed E-state index contributed by atoms with van der Waals surface area (Å²) in [5.41, 5.74) is 2.48. The first-order valence-corrected chi connectivity index (χ1v) is 5.26. The number of anilines is 1. The van der Waals surface area contributed by atoms with Crippen LogP contribution in [0.4, 0.5) is 5.69 Å². The van der Waals surface area contributed by atoms with Crippen LogP contribution in [0.15, 0.2) is 30.3 Å². The highest BCUT2D eigenvalue weighted by molar-refractivity contribution is 5.66. The Bertz CT molecular complexity index is 300. The summed E-state index contributed by atoms with van der Waals surface area (Å²) >= 11 is 0. The summed E-state index contributed by atoms with van der Waals surface area (Å²) in [6.07, 6.45) is 5.43. The molecule has 14 heavy (non-hydrogen) atoms. The maximum Gasteiger partial charge on any atom is 0.0415 e. The second-order valence-electron chi connectivity index (χ2n) is 3.70. The third-order valence-corrected chi connectivity index (χ3v) is 1.94. The summed E-state index contributed by atoms with van der Waals surface area (Å²) in [4.78, 5) is 0. The first-order chi connectivity index (χ1) is 6.74. The van der Waals surface area contributed by atoms with E-state index in [1.807, 2.05) is 0 Å². The van der Waals surface area contributed by atoms with Crippen molar-refractivity contribution in [3.05, 3.63) is 35.9 Å². The maximum absolute atomic E-state index is 3.43. The minimum atomic E-state index is 0.478. The number of allylic oxidation sites excluding steroid dienone is 1. The Balaban J connectivity index is 2.85. The average Bonchev–Trinajstić information content (AvgIpc) is 2.16. The van der Waals surface area contributed by atoms with Crippen molar-refractivity contribution < 1.29 is 0 Å². The largest absolute Gasteiger partial charge is 0.382 e. The third-order valence-electron chi connectivity index (χ3n) is 1.94. The molecule has 1 aromatic carbocycles. The molecule has 0 spiro atoms. The molecule has 1 aromatic rings. The lowest BCUT2D eigenvalue weighted by molar-refractivity contribution is 0.899. The van der Waals surface area contributed by atoms with Crippen LogP contribution in [0.3, 0.4) is 0 Å². The molecular weight excluding hydrogens is 170 g/mol. The first-order valence-electron chi connectivity index (χ1n) is 5.26. The van der Waals surface area contributed by atoms with E-state index in [1.54, 1.807) is 0 Å². The van der Waals surface area contributed by atoms with Crippen LogP contribution in [-0.2, 0) is 0 Å². The predicted octanol–water partition coefficient (Wildman–Crippen LogP) is 3.93. The molecule has 0 heterocycles. The Kier molecular flexibility index (Phi) is 4.24. The topological polar surface area (TPSA) is 12.0 Å². The van der Waals surface area contributed by atoms with Crippen LogP contribution in [0.1, 0.15) is 32.8 Å². The van der Waals surface area contributed by atoms with Crippen LogP contribution in [0.25, 0.3) is 6.08 Å². The van der Waals surface area contributed by atoms with Gasteiger partial charge in [0.25, 0.3) is 0 Å². The van der Waals surface area contributed by atoms with E-state index in [0.717, 1.165) is 6.42 Å². The fourth-order valence-corrected chi connectivity index (χ4v) is 1.33. The SMILES string of the molecule is CC/C=C/c1ccccc1NC(C)C. The van der Waals surface area contributed by atoms with E-state index in [2.05, 4.69) is 62.5 Å². The van der Waals surface area contributed by atoms with Gasteiger partial charge in [0.05, 0.1) is 0 Å². The smallest absolute Gasteiger partial charge is 0.0415 e. The van der Waals surface area contributed by atoms with Gasteiger partial charge in [-0.25, -0.2) is 0 Å². The molecule has 1 N–H and O–H groups in total. The fourth-order valence-electron chi connectivity index (χ4n) is 1.33. The van der Waals surface area contributed by atoms with Gasteiger partial charge in [0.2, 0.25) is 0 Å². The lowest BCUT2D eigenvalue weighted by atomic mass is 10.1. The molecule has 0 aromatic heterocycles. The highest BCUT2D eigenvalue weighted by atomic mass is 14.9. The number of hydrogen-bond donors (Lipinski definition) is 1. The van der Waals surface area contributed by atoms with Gasteiger partial charge < -0.3 is 5.32 Å².